The Kier molecular flexibility index (Phi) is 5.01. The zero-order chi connectivity index (χ0) is 17.0. The first-order chi connectivity index (χ1) is 10.9. The van der Waals surface area contributed by atoms with Gasteiger partial charge in [0.05, 0.1) is 17.9 Å². The van der Waals surface area contributed by atoms with Crippen LogP contribution in [0, 0.1) is 13.8 Å². The summed E-state index contributed by atoms with van der Waals surface area (Å²) in [4.78, 5) is 27.2. The third kappa shape index (κ3) is 3.69. The Bertz CT molecular complexity index is 771. The van der Waals surface area contributed by atoms with Crippen LogP contribution >= 0.6 is 0 Å². The molecule has 5 heteroatoms. The van der Waals surface area contributed by atoms with Crippen LogP contribution in [0.2, 0.25) is 0 Å². The Morgan fingerprint density at radius 3 is 2.70 bits per heavy atom. The number of carbonyl (C=O) groups excluding carboxylic acids is 2. The van der Waals surface area contributed by atoms with E-state index in [2.05, 4.69) is 4.98 Å². The van der Waals surface area contributed by atoms with E-state index in [1.54, 1.807) is 51.1 Å². The predicted molar refractivity (Wildman–Crippen MR) is 87.7 cm³/mol. The summed E-state index contributed by atoms with van der Waals surface area (Å²) in [5.74, 6) is -0.546. The number of aromatic hydroxyl groups is 1. The molecule has 0 radical (unpaired) electrons. The maximum atomic E-state index is 12.3. The van der Waals surface area contributed by atoms with Crippen LogP contribution in [-0.2, 0) is 4.74 Å². The first-order valence-corrected chi connectivity index (χ1v) is 7.31. The van der Waals surface area contributed by atoms with E-state index in [9.17, 15) is 14.7 Å². The number of aromatic nitrogens is 1. The molecule has 0 saturated heterocycles. The summed E-state index contributed by atoms with van der Waals surface area (Å²) in [6.45, 7) is 5.46. The molecule has 0 saturated carbocycles. The number of H-pyrrole nitrogens is 1. The zero-order valence-electron chi connectivity index (χ0n) is 13.3. The van der Waals surface area contributed by atoms with Gasteiger partial charge in [-0.2, -0.15) is 0 Å². The number of hydrogen-bond acceptors (Lipinski definition) is 4. The highest BCUT2D eigenvalue weighted by Crippen LogP contribution is 2.20. The second-order valence-corrected chi connectivity index (χ2v) is 5.14. The fraction of sp³-hybridized carbons (Fsp3) is 0.222. The van der Waals surface area contributed by atoms with Gasteiger partial charge in [0.15, 0.2) is 0 Å². The van der Waals surface area contributed by atoms with Crippen molar-refractivity contribution >= 4 is 17.8 Å². The first-order valence-electron chi connectivity index (χ1n) is 7.31. The number of ketones is 1. The van der Waals surface area contributed by atoms with Gasteiger partial charge in [-0.15, -0.1) is 0 Å². The van der Waals surface area contributed by atoms with E-state index in [1.807, 2.05) is 0 Å². The summed E-state index contributed by atoms with van der Waals surface area (Å²) in [6.07, 6.45) is 3.02. The fourth-order valence-corrected chi connectivity index (χ4v) is 2.39. The lowest BCUT2D eigenvalue weighted by atomic mass is 10.1. The third-order valence-corrected chi connectivity index (χ3v) is 3.46. The molecular formula is C18H19NO4. The maximum absolute atomic E-state index is 12.3. The molecule has 0 amide bonds. The van der Waals surface area contributed by atoms with Gasteiger partial charge in [0.25, 0.3) is 0 Å². The van der Waals surface area contributed by atoms with Gasteiger partial charge in [0.1, 0.15) is 5.75 Å². The topological polar surface area (TPSA) is 79.4 Å². The van der Waals surface area contributed by atoms with Gasteiger partial charge >= 0.3 is 5.97 Å². The quantitative estimate of drug-likeness (QED) is 0.503. The Labute approximate surface area is 134 Å². The number of aromatic amines is 1. The van der Waals surface area contributed by atoms with Crippen LogP contribution in [0.3, 0.4) is 0 Å². The van der Waals surface area contributed by atoms with E-state index in [4.69, 9.17) is 4.74 Å². The van der Waals surface area contributed by atoms with Crippen molar-refractivity contribution in [3.63, 3.8) is 0 Å². The number of carbonyl (C=O) groups is 2. The number of phenols is 1. The molecule has 5 nitrogen and oxygen atoms in total. The van der Waals surface area contributed by atoms with Crippen molar-refractivity contribution in [3.8, 4) is 5.75 Å². The molecule has 2 rings (SSSR count). The van der Waals surface area contributed by atoms with Crippen LogP contribution in [0.25, 0.3) is 6.08 Å². The average molecular weight is 313 g/mol. The number of benzene rings is 1. The fourth-order valence-electron chi connectivity index (χ4n) is 2.39. The standard InChI is InChI=1S/C18H19NO4/c1-4-23-18(22)16-11(2)17(19-12(16)3)15(21)9-8-13-6-5-7-14(20)10-13/h5-10,19-20H,4H2,1-3H3/b9-8+. The minimum atomic E-state index is -0.435. The van der Waals surface area contributed by atoms with Gasteiger partial charge in [0.2, 0.25) is 5.78 Å². The number of rotatable bonds is 5. The lowest BCUT2D eigenvalue weighted by Gasteiger charge is -2.02. The van der Waals surface area contributed by atoms with E-state index in [1.165, 1.54) is 6.08 Å². The van der Waals surface area contributed by atoms with Crippen molar-refractivity contribution in [3.05, 3.63) is 58.4 Å². The average Bonchev–Trinajstić information content (AvgIpc) is 2.80. The summed E-state index contributed by atoms with van der Waals surface area (Å²) in [5.41, 5.74) is 2.66. The SMILES string of the molecule is CCOC(=O)c1c(C)[nH]c(C(=O)/C=C/c2cccc(O)c2)c1C. The second kappa shape index (κ2) is 6.96. The summed E-state index contributed by atoms with van der Waals surface area (Å²) in [7, 11) is 0. The highest BCUT2D eigenvalue weighted by molar-refractivity contribution is 6.08. The first kappa shape index (κ1) is 16.5. The van der Waals surface area contributed by atoms with Crippen molar-refractivity contribution in [1.82, 2.24) is 4.98 Å². The van der Waals surface area contributed by atoms with Gasteiger partial charge in [0, 0.05) is 5.69 Å². The van der Waals surface area contributed by atoms with E-state index < -0.39 is 5.97 Å². The summed E-state index contributed by atoms with van der Waals surface area (Å²) < 4.78 is 5.01. The van der Waals surface area contributed by atoms with Crippen LogP contribution in [-0.4, -0.2) is 28.4 Å². The highest BCUT2D eigenvalue weighted by Gasteiger charge is 2.21. The lowest BCUT2D eigenvalue weighted by Crippen LogP contribution is -2.07. The number of aryl methyl sites for hydroxylation is 1. The Morgan fingerprint density at radius 1 is 1.30 bits per heavy atom. The molecule has 1 aromatic heterocycles. The smallest absolute Gasteiger partial charge is 0.340 e. The molecule has 120 valence electrons. The molecule has 0 unspecified atom stereocenters. The van der Waals surface area contributed by atoms with Crippen LogP contribution in [0.4, 0.5) is 0 Å². The summed E-state index contributed by atoms with van der Waals surface area (Å²) in [6, 6.07) is 6.59. The number of hydrogen-bond donors (Lipinski definition) is 2. The van der Waals surface area contributed by atoms with Gasteiger partial charge in [-0.05, 0) is 50.1 Å². The molecule has 0 fully saturated rings. The van der Waals surface area contributed by atoms with Crippen LogP contribution in [0.15, 0.2) is 30.3 Å². The van der Waals surface area contributed by atoms with Gasteiger partial charge in [-0.25, -0.2) is 4.79 Å². The molecule has 0 aliphatic carbocycles. The molecule has 23 heavy (non-hydrogen) atoms. The van der Waals surface area contributed by atoms with Crippen LogP contribution in [0.5, 0.6) is 5.75 Å². The van der Waals surface area contributed by atoms with Gasteiger partial charge in [-0.3, -0.25) is 4.79 Å². The van der Waals surface area contributed by atoms with Crippen molar-refractivity contribution in [2.45, 2.75) is 20.8 Å². The molecule has 0 aliphatic rings. The van der Waals surface area contributed by atoms with Gasteiger partial charge in [-0.1, -0.05) is 18.2 Å². The number of phenolic OH excluding ortho intramolecular Hbond substituents is 1. The number of ether oxygens (including phenoxy) is 1. The largest absolute Gasteiger partial charge is 0.508 e. The number of allylic oxidation sites excluding steroid dienone is 1. The molecule has 2 N–H and O–H groups in total. The van der Waals surface area contributed by atoms with E-state index in [0.717, 1.165) is 0 Å². The summed E-state index contributed by atoms with van der Waals surface area (Å²) >= 11 is 0. The molecule has 1 aromatic carbocycles. The Morgan fingerprint density at radius 2 is 2.04 bits per heavy atom. The van der Waals surface area contributed by atoms with Crippen LogP contribution < -0.4 is 0 Å². The minimum Gasteiger partial charge on any atom is -0.508 e. The Balaban J connectivity index is 2.27. The zero-order valence-corrected chi connectivity index (χ0v) is 13.3. The number of nitrogens with one attached hydrogen (secondary N) is 1. The molecule has 0 spiro atoms. The second-order valence-electron chi connectivity index (χ2n) is 5.14. The molecule has 0 atom stereocenters. The third-order valence-electron chi connectivity index (χ3n) is 3.46. The van der Waals surface area contributed by atoms with E-state index in [0.29, 0.717) is 28.1 Å². The number of esters is 1. The van der Waals surface area contributed by atoms with Crippen molar-refractivity contribution in [2.75, 3.05) is 6.61 Å². The molecule has 0 bridgehead atoms. The minimum absolute atomic E-state index is 0.135. The molecule has 0 aliphatic heterocycles. The summed E-state index contributed by atoms with van der Waals surface area (Å²) in [5, 5.41) is 9.41. The normalized spacial score (nSPS) is 10.9. The maximum Gasteiger partial charge on any atom is 0.340 e. The molecular weight excluding hydrogens is 294 g/mol. The Hall–Kier alpha value is -2.82. The van der Waals surface area contributed by atoms with E-state index in [-0.39, 0.29) is 18.1 Å². The molecule has 1 heterocycles. The highest BCUT2D eigenvalue weighted by atomic mass is 16.5. The van der Waals surface area contributed by atoms with Gasteiger partial charge < -0.3 is 14.8 Å². The van der Waals surface area contributed by atoms with Crippen molar-refractivity contribution in [2.24, 2.45) is 0 Å². The van der Waals surface area contributed by atoms with Crippen molar-refractivity contribution < 1.29 is 19.4 Å². The monoisotopic (exact) mass is 313 g/mol. The lowest BCUT2D eigenvalue weighted by molar-refractivity contribution is 0.0525. The van der Waals surface area contributed by atoms with E-state index >= 15 is 0 Å². The predicted octanol–water partition coefficient (Wildman–Crippen LogP) is 3.41. The molecule has 2 aromatic rings. The van der Waals surface area contributed by atoms with Crippen molar-refractivity contribution in [1.29, 1.82) is 0 Å². The van der Waals surface area contributed by atoms with Crippen LogP contribution in [0.1, 0.15) is 44.6 Å².